The third-order valence-corrected chi connectivity index (χ3v) is 5.33. The number of benzene rings is 2. The van der Waals surface area contributed by atoms with Crippen molar-refractivity contribution in [2.45, 2.75) is 33.6 Å². The van der Waals surface area contributed by atoms with Crippen LogP contribution < -0.4 is 5.32 Å². The number of aryl methyl sites for hydroxylation is 2. The van der Waals surface area contributed by atoms with E-state index < -0.39 is 0 Å². The molecule has 1 N–H and O–H groups in total. The Morgan fingerprint density at radius 1 is 1.07 bits per heavy atom. The maximum Gasteiger partial charge on any atom is 0.250 e. The molecular weight excluding hydrogens is 352 g/mol. The van der Waals surface area contributed by atoms with Crippen LogP contribution in [0.2, 0.25) is 0 Å². The van der Waals surface area contributed by atoms with Gasteiger partial charge < -0.3 is 0 Å². The van der Waals surface area contributed by atoms with E-state index in [1.807, 2.05) is 23.6 Å². The molecule has 0 fully saturated rings. The van der Waals surface area contributed by atoms with Gasteiger partial charge in [0.05, 0.1) is 5.69 Å². The quantitative estimate of drug-likeness (QED) is 0.538. The van der Waals surface area contributed by atoms with Gasteiger partial charge in [-0.2, -0.15) is 0 Å². The standard InChI is InChI=1S/C23H24N2OS/c1-15(2)19-10-6-18(7-11-19)8-12-22(26)25-23-24-21(14-27-23)20-9-5-16(3)17(4)13-20/h5-15H,1-4H3,(H,24,25,26). The highest BCUT2D eigenvalue weighted by Crippen LogP contribution is 2.26. The summed E-state index contributed by atoms with van der Waals surface area (Å²) in [6.07, 6.45) is 3.36. The molecule has 1 amide bonds. The number of thiazole rings is 1. The van der Waals surface area contributed by atoms with E-state index in [9.17, 15) is 4.79 Å². The zero-order chi connectivity index (χ0) is 19.4. The Labute approximate surface area is 164 Å². The first kappa shape index (κ1) is 19.1. The summed E-state index contributed by atoms with van der Waals surface area (Å²) >= 11 is 1.43. The minimum absolute atomic E-state index is 0.177. The second kappa shape index (κ2) is 8.31. The number of amides is 1. The van der Waals surface area contributed by atoms with Crippen LogP contribution in [0.3, 0.4) is 0 Å². The first-order valence-corrected chi connectivity index (χ1v) is 9.92. The minimum atomic E-state index is -0.177. The molecular formula is C23H24N2OS. The molecule has 0 saturated carbocycles. The molecule has 27 heavy (non-hydrogen) atoms. The normalized spacial score (nSPS) is 11.3. The van der Waals surface area contributed by atoms with Gasteiger partial charge in [-0.15, -0.1) is 11.3 Å². The molecule has 0 aliphatic rings. The molecule has 0 saturated heterocycles. The van der Waals surface area contributed by atoms with E-state index in [1.54, 1.807) is 6.08 Å². The van der Waals surface area contributed by atoms with Gasteiger partial charge in [0.25, 0.3) is 0 Å². The van der Waals surface area contributed by atoms with Gasteiger partial charge in [-0.05, 0) is 54.2 Å². The molecule has 3 nitrogen and oxygen atoms in total. The molecule has 0 bridgehead atoms. The zero-order valence-electron chi connectivity index (χ0n) is 16.1. The van der Waals surface area contributed by atoms with Crippen molar-refractivity contribution < 1.29 is 4.79 Å². The summed E-state index contributed by atoms with van der Waals surface area (Å²) in [5, 5.41) is 5.41. The van der Waals surface area contributed by atoms with Crippen molar-refractivity contribution in [1.82, 2.24) is 4.98 Å². The minimum Gasteiger partial charge on any atom is -0.298 e. The highest BCUT2D eigenvalue weighted by atomic mass is 32.1. The predicted molar refractivity (Wildman–Crippen MR) is 115 cm³/mol. The number of carbonyl (C=O) groups excluding carboxylic acids is 1. The van der Waals surface area contributed by atoms with E-state index in [4.69, 9.17) is 0 Å². The molecule has 4 heteroatoms. The topological polar surface area (TPSA) is 42.0 Å². The van der Waals surface area contributed by atoms with E-state index >= 15 is 0 Å². The number of hydrogen-bond acceptors (Lipinski definition) is 3. The first-order valence-electron chi connectivity index (χ1n) is 9.04. The van der Waals surface area contributed by atoms with Gasteiger partial charge in [0.2, 0.25) is 5.91 Å². The summed E-state index contributed by atoms with van der Waals surface area (Å²) in [7, 11) is 0. The van der Waals surface area contributed by atoms with E-state index in [-0.39, 0.29) is 5.91 Å². The Morgan fingerprint density at radius 3 is 2.48 bits per heavy atom. The van der Waals surface area contributed by atoms with Crippen molar-refractivity contribution in [3.05, 3.63) is 76.2 Å². The molecule has 0 spiro atoms. The maximum absolute atomic E-state index is 12.2. The Hall–Kier alpha value is -2.72. The average Bonchev–Trinajstić information content (AvgIpc) is 3.11. The summed E-state index contributed by atoms with van der Waals surface area (Å²) in [6, 6.07) is 14.5. The van der Waals surface area contributed by atoms with Gasteiger partial charge in [-0.1, -0.05) is 50.2 Å². The fourth-order valence-electron chi connectivity index (χ4n) is 2.68. The predicted octanol–water partition coefficient (Wildman–Crippen LogP) is 6.20. The third kappa shape index (κ3) is 4.92. The van der Waals surface area contributed by atoms with Crippen molar-refractivity contribution >= 4 is 28.5 Å². The summed E-state index contributed by atoms with van der Waals surface area (Å²) in [6.45, 7) is 8.51. The van der Waals surface area contributed by atoms with E-state index in [0.717, 1.165) is 16.8 Å². The second-order valence-electron chi connectivity index (χ2n) is 6.98. The molecule has 0 unspecified atom stereocenters. The summed E-state index contributed by atoms with van der Waals surface area (Å²) in [5.41, 5.74) is 6.73. The van der Waals surface area contributed by atoms with Crippen LogP contribution in [-0.4, -0.2) is 10.9 Å². The van der Waals surface area contributed by atoms with E-state index in [2.05, 4.69) is 68.3 Å². The first-order chi connectivity index (χ1) is 12.9. The number of nitrogens with zero attached hydrogens (tertiary/aromatic N) is 1. The smallest absolute Gasteiger partial charge is 0.250 e. The van der Waals surface area contributed by atoms with Crippen LogP contribution >= 0.6 is 11.3 Å². The molecule has 0 radical (unpaired) electrons. The van der Waals surface area contributed by atoms with Crippen LogP contribution in [0.4, 0.5) is 5.13 Å². The lowest BCUT2D eigenvalue weighted by atomic mass is 10.0. The van der Waals surface area contributed by atoms with Crippen LogP contribution in [0, 0.1) is 13.8 Å². The maximum atomic E-state index is 12.2. The van der Waals surface area contributed by atoms with Gasteiger partial charge in [0, 0.05) is 17.0 Å². The monoisotopic (exact) mass is 376 g/mol. The lowest BCUT2D eigenvalue weighted by Gasteiger charge is -2.04. The van der Waals surface area contributed by atoms with Gasteiger partial charge in [-0.3, -0.25) is 10.1 Å². The van der Waals surface area contributed by atoms with Gasteiger partial charge in [-0.25, -0.2) is 4.98 Å². The SMILES string of the molecule is Cc1ccc(-c2csc(NC(=O)C=Cc3ccc(C(C)C)cc3)n2)cc1C. The number of anilines is 1. The molecule has 1 heterocycles. The highest BCUT2D eigenvalue weighted by molar-refractivity contribution is 7.14. The molecule has 0 aliphatic carbocycles. The zero-order valence-corrected chi connectivity index (χ0v) is 16.9. The molecule has 3 rings (SSSR count). The van der Waals surface area contributed by atoms with Crippen LogP contribution in [0.5, 0.6) is 0 Å². The van der Waals surface area contributed by atoms with Crippen LogP contribution in [-0.2, 0) is 4.79 Å². The lowest BCUT2D eigenvalue weighted by Crippen LogP contribution is -2.07. The number of aromatic nitrogens is 1. The molecule has 0 aliphatic heterocycles. The molecule has 0 atom stereocenters. The summed E-state index contributed by atoms with van der Waals surface area (Å²) < 4.78 is 0. The Bertz CT molecular complexity index is 968. The van der Waals surface area contributed by atoms with Gasteiger partial charge >= 0.3 is 0 Å². The summed E-state index contributed by atoms with van der Waals surface area (Å²) in [5.74, 6) is 0.326. The number of carbonyl (C=O) groups is 1. The van der Waals surface area contributed by atoms with E-state index in [0.29, 0.717) is 11.0 Å². The largest absolute Gasteiger partial charge is 0.298 e. The Morgan fingerprint density at radius 2 is 1.81 bits per heavy atom. The Balaban J connectivity index is 1.64. The number of rotatable bonds is 5. The van der Waals surface area contributed by atoms with Gasteiger partial charge in [0.1, 0.15) is 0 Å². The van der Waals surface area contributed by atoms with Crippen molar-refractivity contribution in [3.63, 3.8) is 0 Å². The highest BCUT2D eigenvalue weighted by Gasteiger charge is 2.07. The fourth-order valence-corrected chi connectivity index (χ4v) is 3.40. The van der Waals surface area contributed by atoms with Crippen molar-refractivity contribution in [2.24, 2.45) is 0 Å². The van der Waals surface area contributed by atoms with Gasteiger partial charge in [0.15, 0.2) is 5.13 Å². The van der Waals surface area contributed by atoms with Crippen molar-refractivity contribution in [2.75, 3.05) is 5.32 Å². The third-order valence-electron chi connectivity index (χ3n) is 4.57. The summed E-state index contributed by atoms with van der Waals surface area (Å²) in [4.78, 5) is 16.7. The molecule has 138 valence electrons. The number of nitrogens with one attached hydrogen (secondary N) is 1. The van der Waals surface area contributed by atoms with E-state index in [1.165, 1.54) is 28.0 Å². The average molecular weight is 377 g/mol. The van der Waals surface area contributed by atoms with Crippen LogP contribution in [0.15, 0.2) is 53.9 Å². The number of hydrogen-bond donors (Lipinski definition) is 1. The van der Waals surface area contributed by atoms with Crippen molar-refractivity contribution in [3.8, 4) is 11.3 Å². The fraction of sp³-hybridized carbons (Fsp3) is 0.217. The molecule has 1 aromatic heterocycles. The molecule has 2 aromatic carbocycles. The Kier molecular flexibility index (Phi) is 5.87. The molecule has 3 aromatic rings. The lowest BCUT2D eigenvalue weighted by molar-refractivity contribution is -0.111. The second-order valence-corrected chi connectivity index (χ2v) is 7.84. The van der Waals surface area contributed by atoms with Crippen LogP contribution in [0.1, 0.15) is 42.0 Å². The van der Waals surface area contributed by atoms with Crippen molar-refractivity contribution in [1.29, 1.82) is 0 Å². The van der Waals surface area contributed by atoms with Crippen LogP contribution in [0.25, 0.3) is 17.3 Å².